The fourth-order valence-electron chi connectivity index (χ4n) is 3.96. The maximum Gasteiger partial charge on any atom is 0.227 e. The van der Waals surface area contributed by atoms with Crippen LogP contribution in [0, 0.1) is 0 Å². The van der Waals surface area contributed by atoms with E-state index in [1.54, 1.807) is 11.2 Å². The summed E-state index contributed by atoms with van der Waals surface area (Å²) >= 11 is 0. The van der Waals surface area contributed by atoms with Crippen LogP contribution >= 0.6 is 0 Å². The minimum absolute atomic E-state index is 0.117. The Labute approximate surface area is 167 Å². The Morgan fingerprint density at radius 1 is 1.04 bits per heavy atom. The number of nitrogens with zero attached hydrogens (tertiary/aromatic N) is 5. The van der Waals surface area contributed by atoms with Crippen molar-refractivity contribution in [2.45, 2.75) is 32.9 Å². The van der Waals surface area contributed by atoms with Crippen LogP contribution in [0.4, 0.5) is 11.8 Å². The lowest BCUT2D eigenvalue weighted by molar-refractivity contribution is 0.387. The second kappa shape index (κ2) is 7.33. The maximum absolute atomic E-state index is 12.3. The highest BCUT2D eigenvalue weighted by atomic mass is 32.2. The number of benzene rings is 1. The van der Waals surface area contributed by atoms with Crippen molar-refractivity contribution >= 4 is 21.8 Å². The Morgan fingerprint density at radius 3 is 2.50 bits per heavy atom. The van der Waals surface area contributed by atoms with Gasteiger partial charge in [0.15, 0.2) is 0 Å². The number of hydrogen-bond donors (Lipinski definition) is 0. The molecule has 0 radical (unpaired) electrons. The molecule has 0 amide bonds. The second-order valence-corrected chi connectivity index (χ2v) is 9.85. The minimum Gasteiger partial charge on any atom is -0.362 e. The Bertz CT molecular complexity index is 990. The molecule has 0 fully saturated rings. The SMILES string of the molecule is CCS(=O)(=O)N1CCc2nc(N3CCc4ccccc4C3)nc(N(C)C)c2C1. The van der Waals surface area contributed by atoms with Crippen LogP contribution in [0.2, 0.25) is 0 Å². The van der Waals surface area contributed by atoms with Gasteiger partial charge >= 0.3 is 0 Å². The van der Waals surface area contributed by atoms with E-state index < -0.39 is 10.0 Å². The smallest absolute Gasteiger partial charge is 0.227 e. The molecule has 0 atom stereocenters. The quantitative estimate of drug-likeness (QED) is 0.778. The molecule has 0 unspecified atom stereocenters. The van der Waals surface area contributed by atoms with Crippen molar-refractivity contribution in [1.82, 2.24) is 14.3 Å². The molecule has 150 valence electrons. The molecule has 7 nitrogen and oxygen atoms in total. The van der Waals surface area contributed by atoms with E-state index in [0.29, 0.717) is 19.5 Å². The van der Waals surface area contributed by atoms with Crippen molar-refractivity contribution in [2.75, 3.05) is 42.7 Å². The van der Waals surface area contributed by atoms with E-state index in [1.165, 1.54) is 11.1 Å². The fraction of sp³-hybridized carbons (Fsp3) is 0.500. The second-order valence-electron chi connectivity index (χ2n) is 7.59. The van der Waals surface area contributed by atoms with E-state index in [2.05, 4.69) is 29.2 Å². The van der Waals surface area contributed by atoms with Crippen LogP contribution in [0.5, 0.6) is 0 Å². The van der Waals surface area contributed by atoms with E-state index in [1.807, 2.05) is 19.0 Å². The van der Waals surface area contributed by atoms with Crippen LogP contribution in [0.15, 0.2) is 24.3 Å². The Morgan fingerprint density at radius 2 is 1.79 bits per heavy atom. The Balaban J connectivity index is 1.68. The van der Waals surface area contributed by atoms with Crippen LogP contribution < -0.4 is 9.80 Å². The molecule has 0 spiro atoms. The third-order valence-electron chi connectivity index (χ3n) is 5.59. The largest absolute Gasteiger partial charge is 0.362 e. The summed E-state index contributed by atoms with van der Waals surface area (Å²) in [7, 11) is 0.678. The first-order chi connectivity index (χ1) is 13.4. The third kappa shape index (κ3) is 3.46. The number of sulfonamides is 1. The van der Waals surface area contributed by atoms with E-state index in [4.69, 9.17) is 9.97 Å². The lowest BCUT2D eigenvalue weighted by Gasteiger charge is -2.33. The van der Waals surface area contributed by atoms with Crippen molar-refractivity contribution in [3.63, 3.8) is 0 Å². The van der Waals surface area contributed by atoms with Gasteiger partial charge in [0.2, 0.25) is 16.0 Å². The van der Waals surface area contributed by atoms with E-state index in [9.17, 15) is 8.42 Å². The maximum atomic E-state index is 12.3. The van der Waals surface area contributed by atoms with Crippen LogP contribution in [0.1, 0.15) is 29.3 Å². The minimum atomic E-state index is -3.22. The summed E-state index contributed by atoms with van der Waals surface area (Å²) in [6.45, 7) is 4.21. The van der Waals surface area contributed by atoms with Crippen LogP contribution in [-0.2, 0) is 36.0 Å². The van der Waals surface area contributed by atoms with Gasteiger partial charge in [-0.1, -0.05) is 24.3 Å². The topological polar surface area (TPSA) is 69.6 Å². The monoisotopic (exact) mass is 401 g/mol. The standard InChI is InChI=1S/C20H27N5O2S/c1-4-28(26,27)25-12-10-18-17(14-25)19(23(2)3)22-20(21-18)24-11-9-15-7-5-6-8-16(15)13-24/h5-8H,4,9-14H2,1-3H3. The highest BCUT2D eigenvalue weighted by molar-refractivity contribution is 7.89. The molecule has 0 bridgehead atoms. The van der Waals surface area contributed by atoms with Crippen molar-refractivity contribution in [2.24, 2.45) is 0 Å². The van der Waals surface area contributed by atoms with Crippen LogP contribution in [-0.4, -0.2) is 55.6 Å². The van der Waals surface area contributed by atoms with Gasteiger partial charge in [0.05, 0.1) is 11.4 Å². The van der Waals surface area contributed by atoms with Crippen molar-refractivity contribution in [1.29, 1.82) is 0 Å². The van der Waals surface area contributed by atoms with Gasteiger partial charge in [0.25, 0.3) is 0 Å². The molecular weight excluding hydrogens is 374 g/mol. The number of hydrogen-bond acceptors (Lipinski definition) is 6. The number of aromatic nitrogens is 2. The summed E-state index contributed by atoms with van der Waals surface area (Å²) in [5.74, 6) is 1.67. The molecule has 28 heavy (non-hydrogen) atoms. The summed E-state index contributed by atoms with van der Waals surface area (Å²) in [5.41, 5.74) is 4.61. The zero-order valence-corrected chi connectivity index (χ0v) is 17.5. The summed E-state index contributed by atoms with van der Waals surface area (Å²) in [5, 5.41) is 0. The summed E-state index contributed by atoms with van der Waals surface area (Å²) in [4.78, 5) is 13.9. The molecule has 0 aliphatic carbocycles. The number of fused-ring (bicyclic) bond motifs is 2. The molecule has 0 N–H and O–H groups in total. The molecule has 2 aliphatic heterocycles. The van der Waals surface area contributed by atoms with Crippen LogP contribution in [0.3, 0.4) is 0 Å². The first-order valence-corrected chi connectivity index (χ1v) is 11.4. The number of rotatable bonds is 4. The average Bonchev–Trinajstić information content (AvgIpc) is 2.72. The molecule has 3 heterocycles. The fourth-order valence-corrected chi connectivity index (χ4v) is 5.02. The van der Waals surface area contributed by atoms with Gasteiger partial charge in [0, 0.05) is 52.3 Å². The van der Waals surface area contributed by atoms with Gasteiger partial charge < -0.3 is 9.80 Å². The van der Waals surface area contributed by atoms with E-state index in [0.717, 1.165) is 42.5 Å². The molecule has 1 aromatic carbocycles. The predicted octanol–water partition coefficient (Wildman–Crippen LogP) is 1.81. The molecular formula is C20H27N5O2S. The lowest BCUT2D eigenvalue weighted by atomic mass is 10.0. The first-order valence-electron chi connectivity index (χ1n) is 9.75. The zero-order chi connectivity index (χ0) is 19.9. The molecule has 0 saturated heterocycles. The lowest BCUT2D eigenvalue weighted by Crippen LogP contribution is -2.39. The van der Waals surface area contributed by atoms with Gasteiger partial charge in [-0.2, -0.15) is 9.29 Å². The van der Waals surface area contributed by atoms with Crippen LogP contribution in [0.25, 0.3) is 0 Å². The summed E-state index contributed by atoms with van der Waals surface area (Å²) < 4.78 is 26.2. The summed E-state index contributed by atoms with van der Waals surface area (Å²) in [6.07, 6.45) is 1.60. The molecule has 4 rings (SSSR count). The Hall–Kier alpha value is -2.19. The van der Waals surface area contributed by atoms with Crippen molar-refractivity contribution < 1.29 is 8.42 Å². The van der Waals surface area contributed by atoms with Crippen molar-refractivity contribution in [3.05, 3.63) is 46.6 Å². The third-order valence-corrected chi connectivity index (χ3v) is 7.41. The normalized spacial score (nSPS) is 17.2. The zero-order valence-electron chi connectivity index (χ0n) is 16.7. The number of anilines is 2. The highest BCUT2D eigenvalue weighted by Crippen LogP contribution is 2.30. The van der Waals surface area contributed by atoms with Crippen molar-refractivity contribution in [3.8, 4) is 0 Å². The molecule has 2 aromatic rings. The average molecular weight is 402 g/mol. The van der Waals surface area contributed by atoms with E-state index >= 15 is 0 Å². The molecule has 1 aromatic heterocycles. The van der Waals surface area contributed by atoms with Gasteiger partial charge in [-0.25, -0.2) is 13.4 Å². The van der Waals surface area contributed by atoms with Gasteiger partial charge in [-0.3, -0.25) is 0 Å². The highest BCUT2D eigenvalue weighted by Gasteiger charge is 2.30. The van der Waals surface area contributed by atoms with Gasteiger partial charge in [-0.15, -0.1) is 0 Å². The first kappa shape index (κ1) is 19.1. The summed E-state index contributed by atoms with van der Waals surface area (Å²) in [6, 6.07) is 8.52. The molecule has 0 saturated carbocycles. The van der Waals surface area contributed by atoms with Gasteiger partial charge in [0.1, 0.15) is 5.82 Å². The van der Waals surface area contributed by atoms with Gasteiger partial charge in [-0.05, 0) is 24.5 Å². The van der Waals surface area contributed by atoms with E-state index in [-0.39, 0.29) is 5.75 Å². The molecule has 2 aliphatic rings. The Kier molecular flexibility index (Phi) is 5.01. The molecule has 8 heteroatoms. The predicted molar refractivity (Wildman–Crippen MR) is 111 cm³/mol.